The highest BCUT2D eigenvalue weighted by Crippen LogP contribution is 2.27. The Labute approximate surface area is 265 Å². The van der Waals surface area contributed by atoms with Gasteiger partial charge in [0.25, 0.3) is 0 Å². The van der Waals surface area contributed by atoms with Crippen molar-refractivity contribution in [2.75, 3.05) is 17.1 Å². The van der Waals surface area contributed by atoms with Crippen LogP contribution in [0, 0.1) is 6.92 Å². The molecular formula is C33H39Cl2N3O4S. The molecule has 1 N–H and O–H groups in total. The van der Waals surface area contributed by atoms with Crippen LogP contribution in [0.3, 0.4) is 0 Å². The Balaban J connectivity index is 1.61. The van der Waals surface area contributed by atoms with E-state index in [1.54, 1.807) is 29.2 Å². The number of sulfonamides is 1. The second-order valence-electron chi connectivity index (χ2n) is 11.2. The zero-order valence-electron chi connectivity index (χ0n) is 24.6. The number of anilines is 1. The second-order valence-corrected chi connectivity index (χ2v) is 13.9. The molecule has 7 nitrogen and oxygen atoms in total. The Morgan fingerprint density at radius 1 is 0.977 bits per heavy atom. The van der Waals surface area contributed by atoms with Gasteiger partial charge in [-0.3, -0.25) is 13.9 Å². The van der Waals surface area contributed by atoms with E-state index in [4.69, 9.17) is 23.2 Å². The summed E-state index contributed by atoms with van der Waals surface area (Å²) in [5.74, 6) is -0.442. The topological polar surface area (TPSA) is 86.8 Å². The molecule has 10 heteroatoms. The van der Waals surface area contributed by atoms with Crippen molar-refractivity contribution in [1.29, 1.82) is 0 Å². The molecule has 1 fully saturated rings. The summed E-state index contributed by atoms with van der Waals surface area (Å²) in [5.41, 5.74) is 2.91. The van der Waals surface area contributed by atoms with Gasteiger partial charge in [0.2, 0.25) is 21.8 Å². The maximum atomic E-state index is 14.0. The van der Waals surface area contributed by atoms with E-state index in [1.807, 2.05) is 55.5 Å². The van der Waals surface area contributed by atoms with Crippen molar-refractivity contribution < 1.29 is 18.0 Å². The van der Waals surface area contributed by atoms with E-state index in [0.29, 0.717) is 22.2 Å². The first-order chi connectivity index (χ1) is 20.5. The van der Waals surface area contributed by atoms with Gasteiger partial charge >= 0.3 is 0 Å². The monoisotopic (exact) mass is 643 g/mol. The number of rotatable bonds is 13. The maximum absolute atomic E-state index is 14.0. The Morgan fingerprint density at radius 3 is 2.33 bits per heavy atom. The van der Waals surface area contributed by atoms with Crippen molar-refractivity contribution in [1.82, 2.24) is 10.2 Å². The van der Waals surface area contributed by atoms with Crippen LogP contribution in [-0.2, 0) is 32.6 Å². The van der Waals surface area contributed by atoms with Crippen molar-refractivity contribution in [3.8, 4) is 0 Å². The molecule has 0 heterocycles. The number of amides is 2. The fourth-order valence-electron chi connectivity index (χ4n) is 5.57. The summed E-state index contributed by atoms with van der Waals surface area (Å²) < 4.78 is 26.8. The van der Waals surface area contributed by atoms with Crippen molar-refractivity contribution in [3.63, 3.8) is 0 Å². The average molecular weight is 645 g/mol. The lowest BCUT2D eigenvalue weighted by atomic mass is 10.0. The van der Waals surface area contributed by atoms with E-state index in [1.165, 1.54) is 4.31 Å². The fraction of sp³-hybridized carbons (Fsp3) is 0.394. The van der Waals surface area contributed by atoms with Crippen LogP contribution in [-0.4, -0.2) is 50.0 Å². The highest BCUT2D eigenvalue weighted by atomic mass is 35.5. The fourth-order valence-corrected chi connectivity index (χ4v) is 6.94. The van der Waals surface area contributed by atoms with Crippen molar-refractivity contribution in [3.05, 3.63) is 99.5 Å². The van der Waals surface area contributed by atoms with Crippen molar-refractivity contribution >= 4 is 50.7 Å². The quantitative estimate of drug-likeness (QED) is 0.229. The largest absolute Gasteiger partial charge is 0.352 e. The Morgan fingerprint density at radius 2 is 1.65 bits per heavy atom. The molecule has 1 aliphatic carbocycles. The minimum atomic E-state index is -3.65. The highest BCUT2D eigenvalue weighted by molar-refractivity contribution is 7.92. The molecule has 230 valence electrons. The van der Waals surface area contributed by atoms with Crippen LogP contribution in [0.4, 0.5) is 5.69 Å². The molecule has 4 rings (SSSR count). The first kappa shape index (κ1) is 32.8. The van der Waals surface area contributed by atoms with Gasteiger partial charge in [-0.15, -0.1) is 0 Å². The van der Waals surface area contributed by atoms with E-state index in [2.05, 4.69) is 5.32 Å². The number of carbonyl (C=O) groups excluding carboxylic acids is 2. The van der Waals surface area contributed by atoms with Crippen molar-refractivity contribution in [2.45, 2.75) is 70.5 Å². The zero-order valence-corrected chi connectivity index (χ0v) is 27.0. The lowest BCUT2D eigenvalue weighted by Gasteiger charge is -2.33. The average Bonchev–Trinajstić information content (AvgIpc) is 3.48. The molecule has 0 aliphatic heterocycles. The zero-order chi connectivity index (χ0) is 31.0. The van der Waals surface area contributed by atoms with Gasteiger partial charge in [0.1, 0.15) is 6.04 Å². The van der Waals surface area contributed by atoms with Gasteiger partial charge in [0, 0.05) is 42.0 Å². The van der Waals surface area contributed by atoms with Crippen molar-refractivity contribution in [2.24, 2.45) is 0 Å². The van der Waals surface area contributed by atoms with E-state index in [9.17, 15) is 18.0 Å². The Kier molecular flexibility index (Phi) is 11.5. The lowest BCUT2D eigenvalue weighted by Crippen LogP contribution is -2.52. The van der Waals surface area contributed by atoms with Crippen LogP contribution in [0.2, 0.25) is 10.0 Å². The number of nitrogens with zero attached hydrogens (tertiary/aromatic N) is 2. The van der Waals surface area contributed by atoms with Gasteiger partial charge in [0.05, 0.1) is 11.9 Å². The number of nitrogens with one attached hydrogen (secondary N) is 1. The first-order valence-corrected chi connectivity index (χ1v) is 17.2. The molecule has 0 spiro atoms. The lowest BCUT2D eigenvalue weighted by molar-refractivity contribution is -0.141. The van der Waals surface area contributed by atoms with E-state index in [-0.39, 0.29) is 43.8 Å². The summed E-state index contributed by atoms with van der Waals surface area (Å²) in [6.45, 7) is 2.05. The van der Waals surface area contributed by atoms with Gasteiger partial charge in [-0.05, 0) is 61.1 Å². The molecule has 3 aromatic rings. The predicted octanol–water partition coefficient (Wildman–Crippen LogP) is 6.55. The summed E-state index contributed by atoms with van der Waals surface area (Å²) in [4.78, 5) is 29.5. The third-order valence-electron chi connectivity index (χ3n) is 7.86. The first-order valence-electron chi connectivity index (χ1n) is 14.6. The highest BCUT2D eigenvalue weighted by Gasteiger charge is 2.32. The molecule has 2 amide bonds. The van der Waals surface area contributed by atoms with E-state index in [0.717, 1.165) is 48.6 Å². The molecule has 0 radical (unpaired) electrons. The molecule has 1 unspecified atom stereocenters. The van der Waals surface area contributed by atoms with Gasteiger partial charge < -0.3 is 10.2 Å². The number of aryl methyl sites for hydroxylation is 1. The SMILES string of the molecule is Cc1ccc(Cl)cc1N(CCCC(=O)N(Cc1ccccc1Cl)C(Cc1ccccc1)C(=O)NC1CCCC1)S(C)(=O)=O. The Hall–Kier alpha value is -3.07. The summed E-state index contributed by atoms with van der Waals surface area (Å²) in [6, 6.07) is 21.4. The van der Waals surface area contributed by atoms with Gasteiger partial charge in [-0.2, -0.15) is 0 Å². The van der Waals surface area contributed by atoms with Crippen LogP contribution in [0.1, 0.15) is 55.2 Å². The molecule has 3 aromatic carbocycles. The van der Waals surface area contributed by atoms with Crippen LogP contribution >= 0.6 is 23.2 Å². The summed E-state index contributed by atoms with van der Waals surface area (Å²) in [5, 5.41) is 4.13. The van der Waals surface area contributed by atoms with Crippen LogP contribution in [0.25, 0.3) is 0 Å². The minimum Gasteiger partial charge on any atom is -0.352 e. The molecule has 0 aromatic heterocycles. The summed E-state index contributed by atoms with van der Waals surface area (Å²) >= 11 is 12.7. The van der Waals surface area contributed by atoms with Gasteiger partial charge in [0.15, 0.2) is 0 Å². The minimum absolute atomic E-state index is 0.0398. The number of hydrogen-bond donors (Lipinski definition) is 1. The van der Waals surface area contributed by atoms with Gasteiger partial charge in [-0.25, -0.2) is 8.42 Å². The molecule has 0 bridgehead atoms. The maximum Gasteiger partial charge on any atom is 0.243 e. The normalized spacial score (nSPS) is 14.3. The van der Waals surface area contributed by atoms with E-state index < -0.39 is 16.1 Å². The van der Waals surface area contributed by atoms with Crippen LogP contribution in [0.15, 0.2) is 72.8 Å². The summed E-state index contributed by atoms with van der Waals surface area (Å²) in [7, 11) is -3.65. The number of benzene rings is 3. The predicted molar refractivity (Wildman–Crippen MR) is 174 cm³/mol. The molecule has 1 aliphatic rings. The van der Waals surface area contributed by atoms with E-state index >= 15 is 0 Å². The molecule has 43 heavy (non-hydrogen) atoms. The third kappa shape index (κ3) is 9.21. The molecule has 0 saturated heterocycles. The summed E-state index contributed by atoms with van der Waals surface area (Å²) in [6.07, 6.45) is 5.75. The smallest absolute Gasteiger partial charge is 0.243 e. The molecular weight excluding hydrogens is 605 g/mol. The Bertz CT molecular complexity index is 1510. The number of halogens is 2. The number of hydrogen-bond acceptors (Lipinski definition) is 4. The van der Waals surface area contributed by atoms with Crippen LogP contribution < -0.4 is 9.62 Å². The molecule has 1 atom stereocenters. The number of carbonyl (C=O) groups is 2. The third-order valence-corrected chi connectivity index (χ3v) is 9.65. The second kappa shape index (κ2) is 15.1. The van der Waals surface area contributed by atoms with Gasteiger partial charge in [-0.1, -0.05) is 90.6 Å². The molecule has 1 saturated carbocycles. The van der Waals surface area contributed by atoms with Crippen LogP contribution in [0.5, 0.6) is 0 Å². The standard InChI is InChI=1S/C33H39Cl2N3O4S/c1-24-18-19-27(34)22-30(24)38(43(2,41)42)20-10-17-32(39)37(23-26-13-6-9-16-29(26)35)31(21-25-11-4-3-5-12-25)33(40)36-28-14-7-8-15-28/h3-6,9,11-13,16,18-19,22,28,31H,7-8,10,14-15,17,20-21,23H2,1-2H3,(H,36,40).